The molecule has 0 aliphatic heterocycles. The average Bonchev–Trinajstić information content (AvgIpc) is 3.05. The first kappa shape index (κ1) is 16.0. The first-order valence-electron chi connectivity index (χ1n) is 8.70. The van der Waals surface area contributed by atoms with Crippen LogP contribution in [0, 0.1) is 0 Å². The van der Waals surface area contributed by atoms with E-state index in [-0.39, 0.29) is 4.90 Å². The maximum atomic E-state index is 13.0. The van der Waals surface area contributed by atoms with Gasteiger partial charge in [0, 0.05) is 17.3 Å². The second kappa shape index (κ2) is 5.93. The van der Waals surface area contributed by atoms with E-state index in [1.807, 2.05) is 42.5 Å². The van der Waals surface area contributed by atoms with Crippen molar-refractivity contribution in [3.8, 4) is 11.1 Å². The SMILES string of the molecule is O=S(=O)(Nc1ccc2c(c1)Cc1ccccc1-2)c1cccc2cccnc12. The number of nitrogens with one attached hydrogen (secondary N) is 1. The van der Waals surface area contributed by atoms with Crippen molar-refractivity contribution in [3.05, 3.63) is 90.1 Å². The van der Waals surface area contributed by atoms with E-state index in [2.05, 4.69) is 21.8 Å². The number of pyridine rings is 1. The number of rotatable bonds is 3. The molecule has 132 valence electrons. The minimum absolute atomic E-state index is 0.185. The summed E-state index contributed by atoms with van der Waals surface area (Å²) < 4.78 is 28.7. The molecule has 0 radical (unpaired) electrons. The van der Waals surface area contributed by atoms with Crippen molar-refractivity contribution in [2.45, 2.75) is 11.3 Å². The smallest absolute Gasteiger partial charge is 0.264 e. The maximum Gasteiger partial charge on any atom is 0.264 e. The first-order valence-corrected chi connectivity index (χ1v) is 10.2. The summed E-state index contributed by atoms with van der Waals surface area (Å²) in [6, 6.07) is 22.8. The lowest BCUT2D eigenvalue weighted by Gasteiger charge is -2.11. The second-order valence-corrected chi connectivity index (χ2v) is 8.29. The van der Waals surface area contributed by atoms with Gasteiger partial charge in [0.2, 0.25) is 0 Å². The van der Waals surface area contributed by atoms with Crippen LogP contribution in [0.15, 0.2) is 83.9 Å². The molecule has 5 heteroatoms. The second-order valence-electron chi connectivity index (χ2n) is 6.64. The molecular formula is C22H16N2O2S. The van der Waals surface area contributed by atoms with Crippen LogP contribution >= 0.6 is 0 Å². The number of hydrogen-bond donors (Lipinski definition) is 1. The molecule has 5 rings (SSSR count). The Morgan fingerprint density at radius 2 is 1.63 bits per heavy atom. The van der Waals surface area contributed by atoms with Gasteiger partial charge in [0.05, 0.1) is 5.52 Å². The van der Waals surface area contributed by atoms with Crippen LogP contribution < -0.4 is 4.72 Å². The third-order valence-corrected chi connectivity index (χ3v) is 6.34. The fraction of sp³-hybridized carbons (Fsp3) is 0.0455. The number of para-hydroxylation sites is 1. The maximum absolute atomic E-state index is 13.0. The third-order valence-electron chi connectivity index (χ3n) is 4.93. The molecule has 0 fully saturated rings. The van der Waals surface area contributed by atoms with Gasteiger partial charge in [-0.1, -0.05) is 48.5 Å². The quantitative estimate of drug-likeness (QED) is 0.503. The minimum Gasteiger partial charge on any atom is -0.280 e. The zero-order valence-electron chi connectivity index (χ0n) is 14.4. The van der Waals surface area contributed by atoms with Gasteiger partial charge in [-0.2, -0.15) is 0 Å². The molecule has 1 N–H and O–H groups in total. The summed E-state index contributed by atoms with van der Waals surface area (Å²) >= 11 is 0. The van der Waals surface area contributed by atoms with E-state index in [0.717, 1.165) is 17.4 Å². The van der Waals surface area contributed by atoms with Crippen LogP contribution in [0.2, 0.25) is 0 Å². The van der Waals surface area contributed by atoms with Gasteiger partial charge in [0.1, 0.15) is 4.90 Å². The van der Waals surface area contributed by atoms with Crippen molar-refractivity contribution >= 4 is 26.6 Å². The Labute approximate surface area is 157 Å². The molecule has 0 saturated heterocycles. The van der Waals surface area contributed by atoms with Crippen molar-refractivity contribution in [1.29, 1.82) is 0 Å². The lowest BCUT2D eigenvalue weighted by Crippen LogP contribution is -2.14. The number of aromatic nitrogens is 1. The standard InChI is InChI=1S/C22H16N2O2S/c25-27(26,21-9-3-6-15-7-4-12-23-22(15)21)24-18-10-11-20-17(14-18)13-16-5-1-2-8-19(16)20/h1-12,14,24H,13H2. The lowest BCUT2D eigenvalue weighted by atomic mass is 10.1. The normalized spacial score (nSPS) is 12.6. The van der Waals surface area contributed by atoms with E-state index < -0.39 is 10.0 Å². The molecule has 0 bridgehead atoms. The lowest BCUT2D eigenvalue weighted by molar-refractivity contribution is 0.602. The number of hydrogen-bond acceptors (Lipinski definition) is 3. The largest absolute Gasteiger partial charge is 0.280 e. The Balaban J connectivity index is 1.53. The molecule has 1 aliphatic rings. The Morgan fingerprint density at radius 3 is 2.56 bits per heavy atom. The number of fused-ring (bicyclic) bond motifs is 4. The Kier molecular flexibility index (Phi) is 3.52. The summed E-state index contributed by atoms with van der Waals surface area (Å²) in [7, 11) is -3.74. The van der Waals surface area contributed by atoms with E-state index in [1.54, 1.807) is 24.4 Å². The van der Waals surface area contributed by atoms with E-state index in [9.17, 15) is 8.42 Å². The van der Waals surface area contributed by atoms with Crippen LogP contribution in [-0.4, -0.2) is 13.4 Å². The van der Waals surface area contributed by atoms with Gasteiger partial charge < -0.3 is 0 Å². The van der Waals surface area contributed by atoms with Gasteiger partial charge in [0.15, 0.2) is 0 Å². The highest BCUT2D eigenvalue weighted by molar-refractivity contribution is 7.93. The number of benzene rings is 3. The number of anilines is 1. The average molecular weight is 372 g/mol. The highest BCUT2D eigenvalue weighted by atomic mass is 32.2. The highest BCUT2D eigenvalue weighted by Crippen LogP contribution is 2.38. The van der Waals surface area contributed by atoms with Crippen LogP contribution in [0.3, 0.4) is 0 Å². The van der Waals surface area contributed by atoms with Crippen molar-refractivity contribution in [2.24, 2.45) is 0 Å². The van der Waals surface area contributed by atoms with E-state index >= 15 is 0 Å². The summed E-state index contributed by atoms with van der Waals surface area (Å²) in [5, 5.41) is 0.796. The predicted octanol–water partition coefficient (Wildman–Crippen LogP) is 4.61. The van der Waals surface area contributed by atoms with Crippen molar-refractivity contribution in [2.75, 3.05) is 4.72 Å². The molecule has 0 unspecified atom stereocenters. The monoisotopic (exact) mass is 372 g/mol. The van der Waals surface area contributed by atoms with Crippen molar-refractivity contribution in [1.82, 2.24) is 4.98 Å². The van der Waals surface area contributed by atoms with Crippen LogP contribution in [0.1, 0.15) is 11.1 Å². The van der Waals surface area contributed by atoms with E-state index in [1.165, 1.54) is 16.7 Å². The molecule has 27 heavy (non-hydrogen) atoms. The number of sulfonamides is 1. The van der Waals surface area contributed by atoms with Crippen molar-refractivity contribution in [3.63, 3.8) is 0 Å². The molecular weight excluding hydrogens is 356 g/mol. The predicted molar refractivity (Wildman–Crippen MR) is 107 cm³/mol. The van der Waals surface area contributed by atoms with Crippen molar-refractivity contribution < 1.29 is 8.42 Å². The van der Waals surface area contributed by atoms with Crippen LogP contribution in [0.4, 0.5) is 5.69 Å². The zero-order valence-corrected chi connectivity index (χ0v) is 15.2. The van der Waals surface area contributed by atoms with Crippen LogP contribution in [-0.2, 0) is 16.4 Å². The Bertz CT molecular complexity index is 1290. The molecule has 4 nitrogen and oxygen atoms in total. The fourth-order valence-corrected chi connectivity index (χ4v) is 4.94. The molecule has 1 heterocycles. The molecule has 0 spiro atoms. The molecule has 0 saturated carbocycles. The van der Waals surface area contributed by atoms with Crippen LogP contribution in [0.25, 0.3) is 22.0 Å². The van der Waals surface area contributed by atoms with E-state index in [4.69, 9.17) is 0 Å². The van der Waals surface area contributed by atoms with E-state index in [0.29, 0.717) is 11.2 Å². The molecule has 1 aromatic heterocycles. The Hall–Kier alpha value is -3.18. The van der Waals surface area contributed by atoms with Gasteiger partial charge in [0.25, 0.3) is 10.0 Å². The highest BCUT2D eigenvalue weighted by Gasteiger charge is 2.21. The number of nitrogens with zero attached hydrogens (tertiary/aromatic N) is 1. The summed E-state index contributed by atoms with van der Waals surface area (Å²) in [4.78, 5) is 4.44. The summed E-state index contributed by atoms with van der Waals surface area (Å²) in [6.07, 6.45) is 2.42. The molecule has 0 atom stereocenters. The van der Waals surface area contributed by atoms with Gasteiger partial charge in [-0.15, -0.1) is 0 Å². The Morgan fingerprint density at radius 1 is 0.815 bits per heavy atom. The van der Waals surface area contributed by atoms with Crippen LogP contribution in [0.5, 0.6) is 0 Å². The summed E-state index contributed by atoms with van der Waals surface area (Å²) in [5.41, 5.74) is 5.83. The third kappa shape index (κ3) is 2.67. The summed E-state index contributed by atoms with van der Waals surface area (Å²) in [5.74, 6) is 0. The first-order chi connectivity index (χ1) is 13.1. The molecule has 3 aromatic carbocycles. The molecule has 4 aromatic rings. The topological polar surface area (TPSA) is 59.1 Å². The van der Waals surface area contributed by atoms with Gasteiger partial charge in [-0.25, -0.2) is 8.42 Å². The zero-order chi connectivity index (χ0) is 18.4. The van der Waals surface area contributed by atoms with Gasteiger partial charge >= 0.3 is 0 Å². The molecule has 1 aliphatic carbocycles. The van der Waals surface area contributed by atoms with Gasteiger partial charge in [-0.05, 0) is 52.9 Å². The minimum atomic E-state index is -3.74. The molecule has 0 amide bonds. The summed E-state index contributed by atoms with van der Waals surface area (Å²) in [6.45, 7) is 0. The fourth-order valence-electron chi connectivity index (χ4n) is 3.71. The van der Waals surface area contributed by atoms with Gasteiger partial charge in [-0.3, -0.25) is 9.71 Å².